The zero-order chi connectivity index (χ0) is 15.6. The van der Waals surface area contributed by atoms with Gasteiger partial charge in [0, 0.05) is 37.3 Å². The molecule has 21 heavy (non-hydrogen) atoms. The van der Waals surface area contributed by atoms with Crippen molar-refractivity contribution in [2.24, 2.45) is 5.41 Å². The summed E-state index contributed by atoms with van der Waals surface area (Å²) in [6, 6.07) is 11.2. The summed E-state index contributed by atoms with van der Waals surface area (Å²) in [6.45, 7) is 12.4. The van der Waals surface area contributed by atoms with Crippen molar-refractivity contribution in [2.45, 2.75) is 53.1 Å². The van der Waals surface area contributed by atoms with Crippen LogP contribution in [0, 0.1) is 5.41 Å². The Morgan fingerprint density at radius 2 is 1.62 bits per heavy atom. The van der Waals surface area contributed by atoms with Gasteiger partial charge in [0.1, 0.15) is 0 Å². The second kappa shape index (κ2) is 6.08. The second-order valence-electron chi connectivity index (χ2n) is 7.48. The molecule has 1 heterocycles. The topological polar surface area (TPSA) is 23.6 Å². The van der Waals surface area contributed by atoms with Gasteiger partial charge >= 0.3 is 0 Å². The van der Waals surface area contributed by atoms with Gasteiger partial charge in [0.25, 0.3) is 0 Å². The third-order valence-electron chi connectivity index (χ3n) is 4.01. The van der Waals surface area contributed by atoms with E-state index in [2.05, 4.69) is 63.8 Å². The molecule has 3 nitrogen and oxygen atoms in total. The minimum Gasteiger partial charge on any atom is -0.363 e. The van der Waals surface area contributed by atoms with Gasteiger partial charge in [-0.2, -0.15) is 0 Å². The van der Waals surface area contributed by atoms with Crippen molar-refractivity contribution >= 4 is 11.6 Å². The smallest absolute Gasteiger partial charge is 0.223 e. The molecule has 1 aromatic rings. The number of amides is 1. The highest BCUT2D eigenvalue weighted by Crippen LogP contribution is 2.26. The molecule has 3 heteroatoms. The monoisotopic (exact) mass is 288 g/mol. The van der Waals surface area contributed by atoms with Crippen LogP contribution in [-0.2, 0) is 4.79 Å². The van der Waals surface area contributed by atoms with E-state index in [0.29, 0.717) is 18.5 Å². The van der Waals surface area contributed by atoms with Crippen LogP contribution in [0.4, 0.5) is 5.69 Å². The lowest BCUT2D eigenvalue weighted by Crippen LogP contribution is -2.58. The van der Waals surface area contributed by atoms with E-state index in [9.17, 15) is 4.79 Å². The molecule has 2 unspecified atom stereocenters. The Hall–Kier alpha value is -1.51. The number of piperazine rings is 1. The lowest BCUT2D eigenvalue weighted by atomic mass is 9.91. The summed E-state index contributed by atoms with van der Waals surface area (Å²) >= 11 is 0. The van der Waals surface area contributed by atoms with Gasteiger partial charge in [0.05, 0.1) is 0 Å². The largest absolute Gasteiger partial charge is 0.363 e. The number of para-hydroxylation sites is 1. The van der Waals surface area contributed by atoms with Crippen LogP contribution in [0.2, 0.25) is 0 Å². The van der Waals surface area contributed by atoms with Crippen LogP contribution in [0.5, 0.6) is 0 Å². The van der Waals surface area contributed by atoms with Crippen LogP contribution in [0.15, 0.2) is 30.3 Å². The van der Waals surface area contributed by atoms with Gasteiger partial charge in [-0.25, -0.2) is 0 Å². The zero-order valence-corrected chi connectivity index (χ0v) is 14.0. The normalized spacial score (nSPS) is 23.3. The Morgan fingerprint density at radius 3 is 2.10 bits per heavy atom. The Balaban J connectivity index is 2.07. The van der Waals surface area contributed by atoms with Crippen LogP contribution in [0.25, 0.3) is 0 Å². The van der Waals surface area contributed by atoms with Gasteiger partial charge < -0.3 is 9.80 Å². The highest BCUT2D eigenvalue weighted by atomic mass is 16.2. The van der Waals surface area contributed by atoms with Gasteiger partial charge in [-0.1, -0.05) is 39.0 Å². The number of rotatable bonds is 2. The van der Waals surface area contributed by atoms with Crippen molar-refractivity contribution in [2.75, 3.05) is 18.0 Å². The summed E-state index contributed by atoms with van der Waals surface area (Å²) in [6.07, 6.45) is 0.623. The van der Waals surface area contributed by atoms with E-state index >= 15 is 0 Å². The lowest BCUT2D eigenvalue weighted by molar-refractivity contribution is -0.134. The van der Waals surface area contributed by atoms with E-state index < -0.39 is 0 Å². The maximum absolute atomic E-state index is 12.5. The van der Waals surface area contributed by atoms with E-state index in [1.807, 2.05) is 11.0 Å². The number of benzene rings is 1. The van der Waals surface area contributed by atoms with Crippen molar-refractivity contribution in [3.05, 3.63) is 30.3 Å². The second-order valence-corrected chi connectivity index (χ2v) is 7.48. The molecular formula is C18H28N2O. The van der Waals surface area contributed by atoms with Crippen LogP contribution in [0.3, 0.4) is 0 Å². The molecule has 0 aromatic heterocycles. The van der Waals surface area contributed by atoms with E-state index in [1.54, 1.807) is 0 Å². The molecule has 1 saturated heterocycles. The Labute approximate surface area is 128 Å². The van der Waals surface area contributed by atoms with E-state index in [0.717, 1.165) is 13.1 Å². The van der Waals surface area contributed by atoms with Crippen LogP contribution >= 0.6 is 0 Å². The van der Waals surface area contributed by atoms with Gasteiger partial charge in [-0.05, 0) is 31.4 Å². The van der Waals surface area contributed by atoms with Crippen molar-refractivity contribution in [1.29, 1.82) is 0 Å². The fourth-order valence-electron chi connectivity index (χ4n) is 3.20. The van der Waals surface area contributed by atoms with Gasteiger partial charge in [0.15, 0.2) is 0 Å². The molecule has 1 aliphatic heterocycles. The minimum atomic E-state index is 0.0557. The van der Waals surface area contributed by atoms with Crippen molar-refractivity contribution in [3.8, 4) is 0 Å². The molecule has 1 aliphatic rings. The van der Waals surface area contributed by atoms with Crippen LogP contribution < -0.4 is 4.90 Å². The molecule has 0 saturated carbocycles. The van der Waals surface area contributed by atoms with E-state index in [4.69, 9.17) is 0 Å². The number of carbonyl (C=O) groups excluding carboxylic acids is 1. The molecule has 1 amide bonds. The quantitative estimate of drug-likeness (QED) is 0.831. The molecular weight excluding hydrogens is 260 g/mol. The lowest BCUT2D eigenvalue weighted by Gasteiger charge is -2.46. The van der Waals surface area contributed by atoms with Gasteiger partial charge in [-0.3, -0.25) is 4.79 Å². The standard InChI is InChI=1S/C18H28N2O/c1-14-12-19(17(21)11-18(3,4)5)13-15(2)20(14)16-9-7-6-8-10-16/h6-10,14-15H,11-13H2,1-5H3. The van der Waals surface area contributed by atoms with Gasteiger partial charge in [0.2, 0.25) is 5.91 Å². The first-order chi connectivity index (χ1) is 9.78. The van der Waals surface area contributed by atoms with Crippen molar-refractivity contribution in [1.82, 2.24) is 4.90 Å². The molecule has 0 bridgehead atoms. The third kappa shape index (κ3) is 3.99. The number of hydrogen-bond donors (Lipinski definition) is 0. The predicted molar refractivity (Wildman–Crippen MR) is 88.5 cm³/mol. The molecule has 116 valence electrons. The SMILES string of the molecule is CC1CN(C(=O)CC(C)(C)C)CC(C)N1c1ccccc1. The molecule has 1 aromatic carbocycles. The number of nitrogens with zero attached hydrogens (tertiary/aromatic N) is 2. The Morgan fingerprint density at radius 1 is 1.10 bits per heavy atom. The molecule has 1 fully saturated rings. The van der Waals surface area contributed by atoms with Crippen molar-refractivity contribution < 1.29 is 4.79 Å². The fraction of sp³-hybridized carbons (Fsp3) is 0.611. The average molecular weight is 288 g/mol. The molecule has 0 aliphatic carbocycles. The van der Waals surface area contributed by atoms with E-state index in [-0.39, 0.29) is 11.3 Å². The summed E-state index contributed by atoms with van der Waals surface area (Å²) in [7, 11) is 0. The number of hydrogen-bond acceptors (Lipinski definition) is 2. The first-order valence-electron chi connectivity index (χ1n) is 7.89. The summed E-state index contributed by atoms with van der Waals surface area (Å²) in [5.74, 6) is 0.286. The molecule has 2 atom stereocenters. The highest BCUT2D eigenvalue weighted by molar-refractivity contribution is 5.77. The van der Waals surface area contributed by atoms with Gasteiger partial charge in [-0.15, -0.1) is 0 Å². The predicted octanol–water partition coefficient (Wildman–Crippen LogP) is 3.55. The Bertz CT molecular complexity index is 466. The maximum atomic E-state index is 12.5. The number of carbonyl (C=O) groups is 1. The maximum Gasteiger partial charge on any atom is 0.223 e. The highest BCUT2D eigenvalue weighted by Gasteiger charge is 2.32. The fourth-order valence-corrected chi connectivity index (χ4v) is 3.20. The third-order valence-corrected chi connectivity index (χ3v) is 4.01. The molecule has 0 N–H and O–H groups in total. The average Bonchev–Trinajstić information content (AvgIpc) is 2.37. The van der Waals surface area contributed by atoms with Crippen molar-refractivity contribution in [3.63, 3.8) is 0 Å². The summed E-state index contributed by atoms with van der Waals surface area (Å²) in [4.78, 5) is 16.9. The number of anilines is 1. The summed E-state index contributed by atoms with van der Waals surface area (Å²) < 4.78 is 0. The molecule has 2 rings (SSSR count). The minimum absolute atomic E-state index is 0.0557. The van der Waals surface area contributed by atoms with E-state index in [1.165, 1.54) is 5.69 Å². The Kier molecular flexibility index (Phi) is 4.60. The first-order valence-corrected chi connectivity index (χ1v) is 7.89. The first kappa shape index (κ1) is 15.9. The summed E-state index contributed by atoms with van der Waals surface area (Å²) in [5, 5.41) is 0. The van der Waals surface area contributed by atoms with Crippen LogP contribution in [-0.4, -0.2) is 36.0 Å². The zero-order valence-electron chi connectivity index (χ0n) is 14.0. The molecule has 0 spiro atoms. The van der Waals surface area contributed by atoms with Crippen LogP contribution in [0.1, 0.15) is 41.0 Å². The molecule has 0 radical (unpaired) electrons. The summed E-state index contributed by atoms with van der Waals surface area (Å²) in [5.41, 5.74) is 1.31.